The van der Waals surface area contributed by atoms with Crippen LogP contribution < -0.4 is 4.74 Å². The average molecular weight is 417 g/mol. The Morgan fingerprint density at radius 1 is 1.19 bits per heavy atom. The Labute approximate surface area is 177 Å². The van der Waals surface area contributed by atoms with E-state index in [2.05, 4.69) is 25.2 Å². The molecule has 1 amide bonds. The van der Waals surface area contributed by atoms with E-state index in [1.807, 2.05) is 31.2 Å². The van der Waals surface area contributed by atoms with Crippen LogP contribution in [0.15, 0.2) is 59.6 Å². The molecule has 1 aliphatic rings. The lowest BCUT2D eigenvalue weighted by Gasteiger charge is -2.39. The van der Waals surface area contributed by atoms with Gasteiger partial charge in [-0.05, 0) is 25.1 Å². The molecule has 31 heavy (non-hydrogen) atoms. The van der Waals surface area contributed by atoms with Crippen molar-refractivity contribution in [3.63, 3.8) is 0 Å². The summed E-state index contributed by atoms with van der Waals surface area (Å²) in [6.07, 6.45) is 6.24. The third-order valence-electron chi connectivity index (χ3n) is 5.00. The molecule has 0 saturated carbocycles. The molecule has 1 aliphatic heterocycles. The Morgan fingerprint density at radius 3 is 2.87 bits per heavy atom. The summed E-state index contributed by atoms with van der Waals surface area (Å²) in [5.74, 6) is 1.26. The van der Waals surface area contributed by atoms with Crippen LogP contribution in [0.1, 0.15) is 17.4 Å². The van der Waals surface area contributed by atoms with Gasteiger partial charge in [-0.25, -0.2) is 4.98 Å². The first-order valence-electron chi connectivity index (χ1n) is 9.90. The van der Waals surface area contributed by atoms with Crippen LogP contribution in [-0.2, 0) is 6.54 Å². The van der Waals surface area contributed by atoms with Crippen LogP contribution in [-0.4, -0.2) is 59.9 Å². The predicted molar refractivity (Wildman–Crippen MR) is 109 cm³/mol. The van der Waals surface area contributed by atoms with Crippen LogP contribution in [0.2, 0.25) is 0 Å². The van der Waals surface area contributed by atoms with E-state index in [0.717, 1.165) is 0 Å². The number of likely N-dealkylation sites (tertiary alicyclic amines) is 1. The fourth-order valence-corrected chi connectivity index (χ4v) is 3.38. The maximum atomic E-state index is 12.7. The van der Waals surface area contributed by atoms with Crippen LogP contribution in [0, 0.1) is 0 Å². The minimum Gasteiger partial charge on any atom is -0.486 e. The van der Waals surface area contributed by atoms with E-state index in [1.54, 1.807) is 40.4 Å². The second-order valence-electron chi connectivity index (χ2n) is 6.99. The van der Waals surface area contributed by atoms with Crippen LogP contribution in [0.4, 0.5) is 0 Å². The van der Waals surface area contributed by atoms with E-state index in [4.69, 9.17) is 9.26 Å². The minimum absolute atomic E-state index is 0.0435. The molecule has 0 spiro atoms. The van der Waals surface area contributed by atoms with Gasteiger partial charge in [0.15, 0.2) is 0 Å². The molecule has 10 nitrogen and oxygen atoms in total. The predicted octanol–water partition coefficient (Wildman–Crippen LogP) is 2.31. The van der Waals surface area contributed by atoms with Crippen LogP contribution in [0.3, 0.4) is 0 Å². The summed E-state index contributed by atoms with van der Waals surface area (Å²) in [5.41, 5.74) is 1.79. The highest BCUT2D eigenvalue weighted by Gasteiger charge is 2.34. The molecule has 1 aromatic carbocycles. The van der Waals surface area contributed by atoms with E-state index >= 15 is 0 Å². The highest BCUT2D eigenvalue weighted by Crippen LogP contribution is 2.31. The van der Waals surface area contributed by atoms with Gasteiger partial charge < -0.3 is 14.2 Å². The molecule has 1 saturated heterocycles. The molecule has 5 rings (SSSR count). The summed E-state index contributed by atoms with van der Waals surface area (Å²) in [4.78, 5) is 27.0. The summed E-state index contributed by atoms with van der Waals surface area (Å²) in [5, 5.41) is 8.15. The number of ether oxygens (including phenoxy) is 1. The summed E-state index contributed by atoms with van der Waals surface area (Å²) < 4.78 is 13.3. The fraction of sp³-hybridized carbons (Fsp3) is 0.238. The standard InChI is InChI=1S/C21H19N7O3/c1-2-28-17(7-8-24-28)21(29)27-12-14(13-27)30-18-6-4-3-5-15(18)20-25-19(26-31-20)16-11-22-9-10-23-16/h3-11,14H,2,12-13H2,1H3. The monoisotopic (exact) mass is 417 g/mol. The zero-order chi connectivity index (χ0) is 21.2. The van der Waals surface area contributed by atoms with Crippen LogP contribution in [0.25, 0.3) is 23.0 Å². The van der Waals surface area contributed by atoms with Crippen molar-refractivity contribution in [1.82, 2.24) is 34.8 Å². The largest absolute Gasteiger partial charge is 0.486 e. The quantitative estimate of drug-likeness (QED) is 0.470. The Bertz CT molecular complexity index is 1200. The van der Waals surface area contributed by atoms with Crippen LogP contribution >= 0.6 is 0 Å². The topological polar surface area (TPSA) is 112 Å². The fourth-order valence-electron chi connectivity index (χ4n) is 3.38. The molecule has 156 valence electrons. The van der Waals surface area contributed by atoms with Gasteiger partial charge in [0.25, 0.3) is 11.8 Å². The van der Waals surface area contributed by atoms with Gasteiger partial charge in [0.1, 0.15) is 23.2 Å². The highest BCUT2D eigenvalue weighted by molar-refractivity contribution is 5.93. The average Bonchev–Trinajstić information content (AvgIpc) is 3.46. The number of benzene rings is 1. The summed E-state index contributed by atoms with van der Waals surface area (Å²) in [7, 11) is 0. The molecule has 0 bridgehead atoms. The lowest BCUT2D eigenvalue weighted by atomic mass is 10.1. The van der Waals surface area contributed by atoms with Crippen molar-refractivity contribution in [2.45, 2.75) is 19.6 Å². The molecule has 0 unspecified atom stereocenters. The van der Waals surface area contributed by atoms with Crippen molar-refractivity contribution in [1.29, 1.82) is 0 Å². The van der Waals surface area contributed by atoms with Crippen molar-refractivity contribution < 1.29 is 14.1 Å². The number of para-hydroxylation sites is 1. The van der Waals surface area contributed by atoms with E-state index in [0.29, 0.717) is 54.1 Å². The molecule has 0 aliphatic carbocycles. The van der Waals surface area contributed by atoms with Crippen molar-refractivity contribution in [3.8, 4) is 28.7 Å². The molecule has 1 fully saturated rings. The summed E-state index contributed by atoms with van der Waals surface area (Å²) >= 11 is 0. The van der Waals surface area contributed by atoms with Crippen molar-refractivity contribution in [2.75, 3.05) is 13.1 Å². The minimum atomic E-state index is -0.120. The first-order chi connectivity index (χ1) is 15.2. The normalized spacial score (nSPS) is 13.8. The van der Waals surface area contributed by atoms with E-state index in [9.17, 15) is 4.79 Å². The number of nitrogens with zero attached hydrogens (tertiary/aromatic N) is 7. The Balaban J connectivity index is 1.28. The summed E-state index contributed by atoms with van der Waals surface area (Å²) in [6, 6.07) is 9.18. The summed E-state index contributed by atoms with van der Waals surface area (Å²) in [6.45, 7) is 3.60. The Hall–Kier alpha value is -4.08. The van der Waals surface area contributed by atoms with Gasteiger partial charge in [0, 0.05) is 25.1 Å². The van der Waals surface area contributed by atoms with Crippen molar-refractivity contribution in [3.05, 3.63) is 60.8 Å². The molecule has 3 aromatic heterocycles. The number of hydrogen-bond acceptors (Lipinski definition) is 8. The highest BCUT2D eigenvalue weighted by atomic mass is 16.5. The molecule has 4 heterocycles. The van der Waals surface area contributed by atoms with E-state index in [1.165, 1.54) is 0 Å². The van der Waals surface area contributed by atoms with Gasteiger partial charge >= 0.3 is 0 Å². The Morgan fingerprint density at radius 2 is 2.06 bits per heavy atom. The van der Waals surface area contributed by atoms with Crippen molar-refractivity contribution in [2.24, 2.45) is 0 Å². The number of hydrogen-bond donors (Lipinski definition) is 0. The third kappa shape index (κ3) is 3.63. The Kier molecular flexibility index (Phi) is 4.87. The molecule has 0 atom stereocenters. The molecular weight excluding hydrogens is 398 g/mol. The maximum Gasteiger partial charge on any atom is 0.272 e. The number of amides is 1. The van der Waals surface area contributed by atoms with Gasteiger partial charge in [-0.1, -0.05) is 17.3 Å². The molecule has 0 N–H and O–H groups in total. The number of rotatable bonds is 6. The molecule has 10 heteroatoms. The zero-order valence-corrected chi connectivity index (χ0v) is 16.8. The van der Waals surface area contributed by atoms with E-state index in [-0.39, 0.29) is 12.0 Å². The number of carbonyl (C=O) groups excluding carboxylic acids is 1. The van der Waals surface area contributed by atoms with Crippen LogP contribution in [0.5, 0.6) is 5.75 Å². The van der Waals surface area contributed by atoms with Crippen molar-refractivity contribution >= 4 is 5.91 Å². The number of aromatic nitrogens is 6. The lowest BCUT2D eigenvalue weighted by molar-refractivity contribution is 0.0170. The second kappa shape index (κ2) is 7.98. The molecular formula is C21H19N7O3. The molecule has 0 radical (unpaired) electrons. The third-order valence-corrected chi connectivity index (χ3v) is 5.00. The number of aryl methyl sites for hydroxylation is 1. The van der Waals surface area contributed by atoms with Gasteiger partial charge in [-0.3, -0.25) is 14.5 Å². The first kappa shape index (κ1) is 18.9. The zero-order valence-electron chi connectivity index (χ0n) is 16.8. The van der Waals surface area contributed by atoms with Gasteiger partial charge in [0.2, 0.25) is 5.82 Å². The first-order valence-corrected chi connectivity index (χ1v) is 9.90. The van der Waals surface area contributed by atoms with Gasteiger partial charge in [-0.15, -0.1) is 0 Å². The van der Waals surface area contributed by atoms with Gasteiger partial charge in [0.05, 0.1) is 24.8 Å². The lowest BCUT2D eigenvalue weighted by Crippen LogP contribution is -2.56. The number of carbonyl (C=O) groups is 1. The SMILES string of the molecule is CCn1nccc1C(=O)N1CC(Oc2ccccc2-c2nc(-c3cnccn3)no2)C1. The van der Waals surface area contributed by atoms with E-state index < -0.39 is 0 Å². The second-order valence-corrected chi connectivity index (χ2v) is 6.99. The molecule has 4 aromatic rings. The maximum absolute atomic E-state index is 12.7. The smallest absolute Gasteiger partial charge is 0.272 e. The van der Waals surface area contributed by atoms with Gasteiger partial charge in [-0.2, -0.15) is 10.1 Å².